The van der Waals surface area contributed by atoms with E-state index in [0.29, 0.717) is 13.2 Å². The Morgan fingerprint density at radius 3 is 3.05 bits per heavy atom. The summed E-state index contributed by atoms with van der Waals surface area (Å²) < 4.78 is 5.28. The number of hydrogen-bond acceptors (Lipinski definition) is 4. The second kappa shape index (κ2) is 6.02. The van der Waals surface area contributed by atoms with E-state index in [9.17, 15) is 4.79 Å². The number of carbonyl (C=O) groups excluding carboxylic acids is 1. The van der Waals surface area contributed by atoms with Crippen LogP contribution in [0.2, 0.25) is 0 Å². The number of methoxy groups -OCH3 is 1. The fourth-order valence-corrected chi connectivity index (χ4v) is 3.08. The van der Waals surface area contributed by atoms with Crippen molar-refractivity contribution in [3.8, 4) is 0 Å². The number of fused-ring (bicyclic) bond motifs is 1. The Balaban J connectivity index is 1.93. The molecule has 1 aromatic heterocycles. The Kier molecular flexibility index (Phi) is 4.09. The van der Waals surface area contributed by atoms with Crippen molar-refractivity contribution >= 4 is 22.5 Å². The zero-order chi connectivity index (χ0) is 15.6. The minimum atomic E-state index is -0.492. The number of benzene rings is 1. The van der Waals surface area contributed by atoms with Crippen LogP contribution in [0.5, 0.6) is 0 Å². The molecule has 2 N–H and O–H groups in total. The van der Waals surface area contributed by atoms with E-state index < -0.39 is 5.41 Å². The summed E-state index contributed by atoms with van der Waals surface area (Å²) in [6, 6.07) is 7.81. The first-order valence-electron chi connectivity index (χ1n) is 7.52. The van der Waals surface area contributed by atoms with Gasteiger partial charge in [0.2, 0.25) is 5.91 Å². The maximum atomic E-state index is 12.8. The van der Waals surface area contributed by atoms with Gasteiger partial charge in [0.25, 0.3) is 0 Å². The van der Waals surface area contributed by atoms with Crippen molar-refractivity contribution in [2.24, 2.45) is 5.41 Å². The summed E-state index contributed by atoms with van der Waals surface area (Å²) in [7, 11) is 1.64. The molecule has 1 aliphatic heterocycles. The zero-order valence-electron chi connectivity index (χ0n) is 13.0. The van der Waals surface area contributed by atoms with Gasteiger partial charge >= 0.3 is 0 Å². The SMILES string of the molecule is COCC1(C(=O)Nc2ccc(C)c3ncccc23)CCNC1. The molecule has 116 valence electrons. The van der Waals surface area contributed by atoms with Crippen LogP contribution in [0.15, 0.2) is 30.5 Å². The van der Waals surface area contributed by atoms with E-state index in [4.69, 9.17) is 4.74 Å². The van der Waals surface area contributed by atoms with Crippen LogP contribution < -0.4 is 10.6 Å². The molecule has 5 nitrogen and oxygen atoms in total. The number of ether oxygens (including phenoxy) is 1. The number of aryl methyl sites for hydroxylation is 1. The number of anilines is 1. The number of nitrogens with one attached hydrogen (secondary N) is 2. The predicted molar refractivity (Wildman–Crippen MR) is 86.9 cm³/mol. The van der Waals surface area contributed by atoms with Crippen molar-refractivity contribution in [2.45, 2.75) is 13.3 Å². The number of amides is 1. The molecule has 3 rings (SSSR count). The molecule has 5 heteroatoms. The molecule has 1 fully saturated rings. The van der Waals surface area contributed by atoms with Crippen molar-refractivity contribution < 1.29 is 9.53 Å². The van der Waals surface area contributed by atoms with E-state index >= 15 is 0 Å². The topological polar surface area (TPSA) is 63.2 Å². The van der Waals surface area contributed by atoms with Crippen LogP contribution in [0, 0.1) is 12.3 Å². The van der Waals surface area contributed by atoms with Gasteiger partial charge in [-0.2, -0.15) is 0 Å². The van der Waals surface area contributed by atoms with Gasteiger partial charge in [-0.15, -0.1) is 0 Å². The van der Waals surface area contributed by atoms with Crippen LogP contribution in [0.25, 0.3) is 10.9 Å². The first kappa shape index (κ1) is 14.9. The number of carbonyl (C=O) groups is 1. The average molecular weight is 299 g/mol. The first-order valence-corrected chi connectivity index (χ1v) is 7.52. The normalized spacial score (nSPS) is 21.2. The minimum Gasteiger partial charge on any atom is -0.384 e. The second-order valence-electron chi connectivity index (χ2n) is 5.92. The van der Waals surface area contributed by atoms with E-state index in [0.717, 1.165) is 35.1 Å². The van der Waals surface area contributed by atoms with Gasteiger partial charge in [-0.05, 0) is 43.7 Å². The Morgan fingerprint density at radius 2 is 2.32 bits per heavy atom. The molecule has 1 atom stereocenters. The molecule has 1 aliphatic rings. The van der Waals surface area contributed by atoms with Gasteiger partial charge in [-0.3, -0.25) is 9.78 Å². The molecule has 0 bridgehead atoms. The van der Waals surface area contributed by atoms with Crippen LogP contribution in [0.4, 0.5) is 5.69 Å². The Hall–Kier alpha value is -1.98. The lowest BCUT2D eigenvalue weighted by Crippen LogP contribution is -2.41. The van der Waals surface area contributed by atoms with E-state index in [2.05, 4.69) is 15.6 Å². The van der Waals surface area contributed by atoms with Crippen molar-refractivity contribution in [1.82, 2.24) is 10.3 Å². The van der Waals surface area contributed by atoms with Crippen LogP contribution in [-0.4, -0.2) is 37.7 Å². The molecular weight excluding hydrogens is 278 g/mol. The van der Waals surface area contributed by atoms with Crippen molar-refractivity contribution in [1.29, 1.82) is 0 Å². The van der Waals surface area contributed by atoms with E-state index in [1.165, 1.54) is 0 Å². The molecular formula is C17H21N3O2. The van der Waals surface area contributed by atoms with Crippen LogP contribution in [0.1, 0.15) is 12.0 Å². The molecule has 2 heterocycles. The highest BCUT2D eigenvalue weighted by Gasteiger charge is 2.41. The lowest BCUT2D eigenvalue weighted by molar-refractivity contribution is -0.127. The highest BCUT2D eigenvalue weighted by Crippen LogP contribution is 2.30. The molecule has 0 radical (unpaired) electrons. The monoisotopic (exact) mass is 299 g/mol. The molecule has 0 spiro atoms. The maximum Gasteiger partial charge on any atom is 0.234 e. The number of aromatic nitrogens is 1. The summed E-state index contributed by atoms with van der Waals surface area (Å²) in [5, 5.41) is 7.31. The highest BCUT2D eigenvalue weighted by atomic mass is 16.5. The molecule has 1 saturated heterocycles. The molecule has 0 saturated carbocycles. The molecule has 1 aromatic carbocycles. The Labute approximate surface area is 130 Å². The molecule has 1 unspecified atom stereocenters. The average Bonchev–Trinajstić information content (AvgIpc) is 3.01. The summed E-state index contributed by atoms with van der Waals surface area (Å²) in [4.78, 5) is 17.2. The first-order chi connectivity index (χ1) is 10.7. The van der Waals surface area contributed by atoms with E-state index in [1.807, 2.05) is 31.2 Å². The van der Waals surface area contributed by atoms with Crippen molar-refractivity contribution in [3.05, 3.63) is 36.0 Å². The van der Waals surface area contributed by atoms with Gasteiger partial charge in [0.1, 0.15) is 0 Å². The summed E-state index contributed by atoms with van der Waals surface area (Å²) in [6.07, 6.45) is 2.56. The van der Waals surface area contributed by atoms with Gasteiger partial charge < -0.3 is 15.4 Å². The van der Waals surface area contributed by atoms with Gasteiger partial charge in [-0.25, -0.2) is 0 Å². The van der Waals surface area contributed by atoms with Gasteiger partial charge in [-0.1, -0.05) is 6.07 Å². The van der Waals surface area contributed by atoms with E-state index in [-0.39, 0.29) is 5.91 Å². The quantitative estimate of drug-likeness (QED) is 0.907. The standard InChI is InChI=1S/C17H21N3O2/c1-12-5-6-14(13-4-3-8-19-15(12)13)20-16(21)17(11-22-2)7-9-18-10-17/h3-6,8,18H,7,9-11H2,1-2H3,(H,20,21). The van der Waals surface area contributed by atoms with Crippen LogP contribution >= 0.6 is 0 Å². The van der Waals surface area contributed by atoms with E-state index in [1.54, 1.807) is 13.3 Å². The number of hydrogen-bond donors (Lipinski definition) is 2. The highest BCUT2D eigenvalue weighted by molar-refractivity contribution is 6.04. The smallest absolute Gasteiger partial charge is 0.234 e. The zero-order valence-corrected chi connectivity index (χ0v) is 13.0. The number of rotatable bonds is 4. The maximum absolute atomic E-state index is 12.8. The lowest BCUT2D eigenvalue weighted by atomic mass is 9.87. The second-order valence-corrected chi connectivity index (χ2v) is 5.92. The van der Waals surface area contributed by atoms with Crippen LogP contribution in [-0.2, 0) is 9.53 Å². The molecule has 2 aromatic rings. The van der Waals surface area contributed by atoms with Gasteiger partial charge in [0, 0.05) is 25.2 Å². The fraction of sp³-hybridized carbons (Fsp3) is 0.412. The van der Waals surface area contributed by atoms with Crippen molar-refractivity contribution in [2.75, 3.05) is 32.1 Å². The Bertz CT molecular complexity index is 693. The minimum absolute atomic E-state index is 0.00774. The summed E-state index contributed by atoms with van der Waals surface area (Å²) in [6.45, 7) is 3.93. The third kappa shape index (κ3) is 2.58. The third-order valence-corrected chi connectivity index (χ3v) is 4.37. The summed E-state index contributed by atoms with van der Waals surface area (Å²) >= 11 is 0. The predicted octanol–water partition coefficient (Wildman–Crippen LogP) is 2.11. The molecule has 22 heavy (non-hydrogen) atoms. The molecule has 0 aliphatic carbocycles. The van der Waals surface area contributed by atoms with Crippen molar-refractivity contribution in [3.63, 3.8) is 0 Å². The summed E-state index contributed by atoms with van der Waals surface area (Å²) in [5.41, 5.74) is 2.34. The summed E-state index contributed by atoms with van der Waals surface area (Å²) in [5.74, 6) is 0.00774. The lowest BCUT2D eigenvalue weighted by Gasteiger charge is -2.26. The third-order valence-electron chi connectivity index (χ3n) is 4.37. The largest absolute Gasteiger partial charge is 0.384 e. The van der Waals surface area contributed by atoms with Crippen LogP contribution in [0.3, 0.4) is 0 Å². The fourth-order valence-electron chi connectivity index (χ4n) is 3.08. The van der Waals surface area contributed by atoms with Gasteiger partial charge in [0.15, 0.2) is 0 Å². The Morgan fingerprint density at radius 1 is 1.45 bits per heavy atom. The van der Waals surface area contributed by atoms with Gasteiger partial charge in [0.05, 0.1) is 23.2 Å². The number of nitrogens with zero attached hydrogens (tertiary/aromatic N) is 1. The number of pyridine rings is 1. The molecule has 1 amide bonds.